The lowest BCUT2D eigenvalue weighted by Gasteiger charge is -2.07. The Bertz CT molecular complexity index is 518. The minimum Gasteiger partial charge on any atom is -0.368 e. The van der Waals surface area contributed by atoms with Crippen molar-refractivity contribution < 1.29 is 4.39 Å². The van der Waals surface area contributed by atoms with Gasteiger partial charge in [-0.2, -0.15) is 4.98 Å². The molecule has 0 fully saturated rings. The maximum atomic E-state index is 13.3. The second-order valence-corrected chi connectivity index (χ2v) is 3.44. The molecule has 2 rings (SSSR count). The Morgan fingerprint density at radius 2 is 2.06 bits per heavy atom. The Morgan fingerprint density at radius 1 is 1.31 bits per heavy atom. The molecule has 4 nitrogen and oxygen atoms in total. The van der Waals surface area contributed by atoms with E-state index in [0.29, 0.717) is 10.7 Å². The van der Waals surface area contributed by atoms with Gasteiger partial charge in [-0.25, -0.2) is 9.37 Å². The molecule has 1 aromatic carbocycles. The molecule has 0 unspecified atom stereocenters. The van der Waals surface area contributed by atoms with E-state index >= 15 is 0 Å². The van der Waals surface area contributed by atoms with Crippen LogP contribution in [0.4, 0.5) is 21.8 Å². The van der Waals surface area contributed by atoms with E-state index in [0.717, 1.165) is 6.20 Å². The van der Waals surface area contributed by atoms with E-state index < -0.39 is 5.82 Å². The molecule has 0 amide bonds. The van der Waals surface area contributed by atoms with E-state index in [9.17, 15) is 4.39 Å². The maximum absolute atomic E-state index is 13.3. The molecular formula is C10H8ClFN4. The molecule has 0 aliphatic rings. The zero-order chi connectivity index (χ0) is 11.5. The van der Waals surface area contributed by atoms with Gasteiger partial charge >= 0.3 is 0 Å². The summed E-state index contributed by atoms with van der Waals surface area (Å²) >= 11 is 5.91. The molecule has 1 heterocycles. The quantitative estimate of drug-likeness (QED) is 0.844. The standard InChI is InChI=1S/C10H8ClFN4/c11-6-3-1-2-4-8(6)15-9-7(12)5-14-10(13)16-9/h1-5H,(H3,13,14,15,16). The lowest BCUT2D eigenvalue weighted by molar-refractivity contribution is 0.620. The van der Waals surface area contributed by atoms with Gasteiger partial charge in [-0.15, -0.1) is 0 Å². The summed E-state index contributed by atoms with van der Waals surface area (Å²) in [6, 6.07) is 6.95. The predicted molar refractivity (Wildman–Crippen MR) is 61.1 cm³/mol. The summed E-state index contributed by atoms with van der Waals surface area (Å²) in [5.74, 6) is -0.592. The minimum atomic E-state index is -0.589. The van der Waals surface area contributed by atoms with E-state index in [1.165, 1.54) is 0 Å². The molecule has 0 aliphatic carbocycles. The maximum Gasteiger partial charge on any atom is 0.222 e. The second kappa shape index (κ2) is 4.32. The fourth-order valence-corrected chi connectivity index (χ4v) is 1.34. The van der Waals surface area contributed by atoms with Gasteiger partial charge in [0.1, 0.15) is 0 Å². The Hall–Kier alpha value is -1.88. The van der Waals surface area contributed by atoms with Gasteiger partial charge in [0, 0.05) is 0 Å². The van der Waals surface area contributed by atoms with Gasteiger partial charge in [-0.05, 0) is 12.1 Å². The van der Waals surface area contributed by atoms with Crippen molar-refractivity contribution >= 4 is 29.1 Å². The lowest BCUT2D eigenvalue weighted by Crippen LogP contribution is -2.02. The van der Waals surface area contributed by atoms with Crippen molar-refractivity contribution in [2.45, 2.75) is 0 Å². The van der Waals surface area contributed by atoms with Gasteiger partial charge in [0.2, 0.25) is 5.95 Å². The molecule has 0 aliphatic heterocycles. The number of halogens is 2. The topological polar surface area (TPSA) is 63.8 Å². The Balaban J connectivity index is 2.34. The number of rotatable bonds is 2. The molecular weight excluding hydrogens is 231 g/mol. The fourth-order valence-electron chi connectivity index (χ4n) is 1.16. The Labute approximate surface area is 96.3 Å². The highest BCUT2D eigenvalue weighted by Gasteiger charge is 2.07. The number of benzene rings is 1. The van der Waals surface area contributed by atoms with Crippen molar-refractivity contribution in [3.05, 3.63) is 41.3 Å². The smallest absolute Gasteiger partial charge is 0.222 e. The number of aromatic nitrogens is 2. The third-order valence-corrected chi connectivity index (χ3v) is 2.22. The molecule has 0 radical (unpaired) electrons. The van der Waals surface area contributed by atoms with E-state index in [2.05, 4.69) is 15.3 Å². The first kappa shape index (κ1) is 10.6. The van der Waals surface area contributed by atoms with Crippen LogP contribution in [0, 0.1) is 5.82 Å². The minimum absolute atomic E-state index is 0.000556. The normalized spacial score (nSPS) is 10.1. The number of hydrogen-bond donors (Lipinski definition) is 2. The Kier molecular flexibility index (Phi) is 2.87. The number of nitrogen functional groups attached to an aromatic ring is 1. The summed E-state index contributed by atoms with van der Waals surface area (Å²) in [6.07, 6.45) is 1.00. The molecule has 2 aromatic rings. The van der Waals surface area contributed by atoms with E-state index in [4.69, 9.17) is 17.3 Å². The number of hydrogen-bond acceptors (Lipinski definition) is 4. The van der Waals surface area contributed by atoms with Crippen LogP contribution in [-0.4, -0.2) is 9.97 Å². The van der Waals surface area contributed by atoms with Crippen LogP contribution in [0.1, 0.15) is 0 Å². The van der Waals surface area contributed by atoms with Crippen LogP contribution >= 0.6 is 11.6 Å². The summed E-state index contributed by atoms with van der Waals surface area (Å²) in [6.45, 7) is 0. The van der Waals surface area contributed by atoms with Gasteiger partial charge in [0.25, 0.3) is 0 Å². The SMILES string of the molecule is Nc1ncc(F)c(Nc2ccccc2Cl)n1. The van der Waals surface area contributed by atoms with E-state index in [1.54, 1.807) is 24.3 Å². The van der Waals surface area contributed by atoms with Gasteiger partial charge in [0.15, 0.2) is 11.6 Å². The Morgan fingerprint density at radius 3 is 2.81 bits per heavy atom. The highest BCUT2D eigenvalue weighted by Crippen LogP contribution is 2.25. The van der Waals surface area contributed by atoms with Crippen LogP contribution in [0.2, 0.25) is 5.02 Å². The predicted octanol–water partition coefficient (Wildman–Crippen LogP) is 2.59. The van der Waals surface area contributed by atoms with Gasteiger partial charge in [0.05, 0.1) is 16.9 Å². The third-order valence-electron chi connectivity index (χ3n) is 1.89. The second-order valence-electron chi connectivity index (χ2n) is 3.03. The van der Waals surface area contributed by atoms with Crippen LogP contribution in [0.15, 0.2) is 30.5 Å². The number of para-hydroxylation sites is 1. The molecule has 6 heteroatoms. The molecule has 0 saturated heterocycles. The first-order valence-electron chi connectivity index (χ1n) is 4.46. The average Bonchev–Trinajstić information content (AvgIpc) is 2.27. The molecule has 3 N–H and O–H groups in total. The number of anilines is 3. The molecule has 1 aromatic heterocycles. The summed E-state index contributed by atoms with van der Waals surface area (Å²) in [5.41, 5.74) is 5.91. The zero-order valence-corrected chi connectivity index (χ0v) is 8.87. The third kappa shape index (κ3) is 2.20. The first-order valence-corrected chi connectivity index (χ1v) is 4.84. The molecule has 82 valence electrons. The number of nitrogens with two attached hydrogens (primary N) is 1. The average molecular weight is 239 g/mol. The summed E-state index contributed by atoms with van der Waals surface area (Å²) < 4.78 is 13.3. The van der Waals surface area contributed by atoms with Crippen molar-refractivity contribution in [1.82, 2.24) is 9.97 Å². The van der Waals surface area contributed by atoms with Gasteiger partial charge in [-0.3, -0.25) is 0 Å². The van der Waals surface area contributed by atoms with Crippen molar-refractivity contribution in [3.63, 3.8) is 0 Å². The van der Waals surface area contributed by atoms with Crippen LogP contribution in [-0.2, 0) is 0 Å². The van der Waals surface area contributed by atoms with Crippen molar-refractivity contribution in [3.8, 4) is 0 Å². The summed E-state index contributed by atoms with van der Waals surface area (Å²) in [4.78, 5) is 7.25. The largest absolute Gasteiger partial charge is 0.368 e. The van der Waals surface area contributed by atoms with E-state index in [1.807, 2.05) is 0 Å². The zero-order valence-electron chi connectivity index (χ0n) is 8.11. The molecule has 0 spiro atoms. The molecule has 0 atom stereocenters. The van der Waals surface area contributed by atoms with Gasteiger partial charge < -0.3 is 11.1 Å². The molecule has 0 saturated carbocycles. The lowest BCUT2D eigenvalue weighted by atomic mass is 10.3. The van der Waals surface area contributed by atoms with Crippen molar-refractivity contribution in [2.75, 3.05) is 11.1 Å². The summed E-state index contributed by atoms with van der Waals surface area (Å²) in [7, 11) is 0. The first-order chi connectivity index (χ1) is 7.66. The van der Waals surface area contributed by atoms with Crippen LogP contribution in [0.3, 0.4) is 0 Å². The monoisotopic (exact) mass is 238 g/mol. The summed E-state index contributed by atoms with van der Waals surface area (Å²) in [5, 5.41) is 3.21. The fraction of sp³-hybridized carbons (Fsp3) is 0. The van der Waals surface area contributed by atoms with Crippen LogP contribution in [0.25, 0.3) is 0 Å². The van der Waals surface area contributed by atoms with Crippen LogP contribution < -0.4 is 11.1 Å². The van der Waals surface area contributed by atoms with Crippen molar-refractivity contribution in [2.24, 2.45) is 0 Å². The highest BCUT2D eigenvalue weighted by atomic mass is 35.5. The van der Waals surface area contributed by atoms with Crippen molar-refractivity contribution in [1.29, 1.82) is 0 Å². The highest BCUT2D eigenvalue weighted by molar-refractivity contribution is 6.33. The van der Waals surface area contributed by atoms with Crippen LogP contribution in [0.5, 0.6) is 0 Å². The van der Waals surface area contributed by atoms with Gasteiger partial charge in [-0.1, -0.05) is 23.7 Å². The number of nitrogens with zero attached hydrogens (tertiary/aromatic N) is 2. The van der Waals surface area contributed by atoms with E-state index in [-0.39, 0.29) is 11.8 Å². The number of nitrogens with one attached hydrogen (secondary N) is 1. The molecule has 16 heavy (non-hydrogen) atoms. The molecule has 0 bridgehead atoms.